The van der Waals surface area contributed by atoms with Gasteiger partial charge in [0.25, 0.3) is 0 Å². The Hall–Kier alpha value is -0.270. The van der Waals surface area contributed by atoms with Crippen LogP contribution in [0.4, 0.5) is 13.2 Å². The summed E-state index contributed by atoms with van der Waals surface area (Å²) < 4.78 is 37.9. The quantitative estimate of drug-likeness (QED) is 0.727. The Morgan fingerprint density at radius 3 is 2.42 bits per heavy atom. The first-order valence-corrected chi connectivity index (χ1v) is 4.33. The molecule has 0 fully saturated rings. The fraction of sp³-hybridized carbons (Fsp3) is 0.500. The van der Waals surface area contributed by atoms with Crippen LogP contribution in [0.2, 0.25) is 0 Å². The molecular weight excluding hydrogens is 284 g/mol. The summed E-state index contributed by atoms with van der Waals surface area (Å²) in [5.41, 5.74) is -0.825. The first-order valence-electron chi connectivity index (χ1n) is 3.25. The van der Waals surface area contributed by atoms with E-state index in [4.69, 9.17) is 0 Å². The molecule has 6 heteroatoms. The zero-order valence-corrected chi connectivity index (χ0v) is 8.35. The van der Waals surface area contributed by atoms with Gasteiger partial charge in [-0.25, -0.2) is 0 Å². The highest BCUT2D eigenvalue weighted by molar-refractivity contribution is 14.1. The number of aromatic nitrogens is 2. The van der Waals surface area contributed by atoms with E-state index in [1.54, 1.807) is 6.92 Å². The van der Waals surface area contributed by atoms with E-state index in [0.717, 1.165) is 6.07 Å². The summed E-state index contributed by atoms with van der Waals surface area (Å²) in [6, 6.07) is 1.03. The van der Waals surface area contributed by atoms with Crippen LogP contribution in [0.3, 0.4) is 0 Å². The minimum absolute atomic E-state index is 0.453. The SMILES string of the molecule is CCn1nc(C(F)(F)F)cc1I. The molecule has 0 aromatic carbocycles. The smallest absolute Gasteiger partial charge is 0.259 e. The van der Waals surface area contributed by atoms with Gasteiger partial charge in [0.1, 0.15) is 0 Å². The van der Waals surface area contributed by atoms with Crippen molar-refractivity contribution in [3.8, 4) is 0 Å². The Morgan fingerprint density at radius 1 is 1.58 bits per heavy atom. The Kier molecular flexibility index (Phi) is 2.64. The minimum atomic E-state index is -4.33. The van der Waals surface area contributed by atoms with Crippen LogP contribution in [0.15, 0.2) is 6.07 Å². The number of alkyl halides is 3. The highest BCUT2D eigenvalue weighted by Gasteiger charge is 2.34. The summed E-state index contributed by atoms with van der Waals surface area (Å²) in [4.78, 5) is 0. The van der Waals surface area contributed by atoms with Crippen molar-refractivity contribution in [2.45, 2.75) is 19.6 Å². The molecule has 0 N–H and O–H groups in total. The number of rotatable bonds is 1. The molecular formula is C6H6F3IN2. The molecule has 0 radical (unpaired) electrons. The Bertz CT molecular complexity index is 279. The second-order valence-electron chi connectivity index (χ2n) is 2.17. The second kappa shape index (κ2) is 3.23. The molecule has 0 saturated carbocycles. The van der Waals surface area contributed by atoms with Crippen LogP contribution in [-0.2, 0) is 12.7 Å². The molecule has 1 aromatic rings. The molecule has 0 bridgehead atoms. The van der Waals surface area contributed by atoms with Crippen molar-refractivity contribution in [3.05, 3.63) is 15.5 Å². The van der Waals surface area contributed by atoms with Gasteiger partial charge in [-0.05, 0) is 29.5 Å². The van der Waals surface area contributed by atoms with E-state index >= 15 is 0 Å². The molecule has 0 aliphatic heterocycles. The van der Waals surface area contributed by atoms with E-state index in [2.05, 4.69) is 5.10 Å². The van der Waals surface area contributed by atoms with E-state index in [-0.39, 0.29) is 0 Å². The first kappa shape index (κ1) is 9.82. The molecule has 1 rings (SSSR count). The van der Waals surface area contributed by atoms with Gasteiger partial charge in [-0.1, -0.05) is 0 Å². The van der Waals surface area contributed by atoms with E-state index in [9.17, 15) is 13.2 Å². The lowest BCUT2D eigenvalue weighted by Gasteiger charge is -2.00. The predicted octanol–water partition coefficient (Wildman–Crippen LogP) is 2.53. The summed E-state index contributed by atoms with van der Waals surface area (Å²) in [7, 11) is 0. The van der Waals surface area contributed by atoms with E-state index < -0.39 is 11.9 Å². The minimum Gasteiger partial charge on any atom is -0.259 e. The number of aryl methyl sites for hydroxylation is 1. The molecule has 0 aliphatic rings. The van der Waals surface area contributed by atoms with Crippen molar-refractivity contribution < 1.29 is 13.2 Å². The third-order valence-electron chi connectivity index (χ3n) is 1.32. The van der Waals surface area contributed by atoms with Gasteiger partial charge < -0.3 is 0 Å². The molecule has 0 saturated heterocycles. The summed E-state index contributed by atoms with van der Waals surface area (Å²) in [6.07, 6.45) is -4.33. The van der Waals surface area contributed by atoms with E-state index in [1.807, 2.05) is 22.6 Å². The number of nitrogens with zero attached hydrogens (tertiary/aromatic N) is 2. The van der Waals surface area contributed by atoms with Crippen LogP contribution in [-0.4, -0.2) is 9.78 Å². The topological polar surface area (TPSA) is 17.8 Å². The first-order chi connectivity index (χ1) is 5.45. The van der Waals surface area contributed by atoms with Crippen molar-refractivity contribution >= 4 is 22.6 Å². The Labute approximate surface area is 80.9 Å². The van der Waals surface area contributed by atoms with Crippen LogP contribution in [0.5, 0.6) is 0 Å². The standard InChI is InChI=1S/C6H6F3IN2/c1-2-12-5(10)3-4(11-12)6(7,8)9/h3H,2H2,1H3. The molecule has 2 nitrogen and oxygen atoms in total. The average Bonchev–Trinajstić information content (AvgIpc) is 2.29. The third kappa shape index (κ3) is 1.90. The van der Waals surface area contributed by atoms with Crippen LogP contribution in [0.25, 0.3) is 0 Å². The maximum atomic E-state index is 12.0. The molecule has 1 heterocycles. The Morgan fingerprint density at radius 2 is 2.17 bits per heavy atom. The lowest BCUT2D eigenvalue weighted by molar-refractivity contribution is -0.141. The van der Waals surface area contributed by atoms with Crippen LogP contribution < -0.4 is 0 Å². The molecule has 0 atom stereocenters. The summed E-state index contributed by atoms with van der Waals surface area (Å²) >= 11 is 1.82. The highest BCUT2D eigenvalue weighted by atomic mass is 127. The van der Waals surface area contributed by atoms with Gasteiger partial charge in [-0.3, -0.25) is 4.68 Å². The Balaban J connectivity index is 3.05. The van der Waals surface area contributed by atoms with Gasteiger partial charge in [-0.15, -0.1) is 0 Å². The predicted molar refractivity (Wildman–Crippen MR) is 45.6 cm³/mol. The van der Waals surface area contributed by atoms with Crippen LogP contribution >= 0.6 is 22.6 Å². The molecule has 1 aromatic heterocycles. The molecule has 0 aliphatic carbocycles. The summed E-state index contributed by atoms with van der Waals surface area (Å²) in [6.45, 7) is 2.20. The summed E-state index contributed by atoms with van der Waals surface area (Å²) in [5.74, 6) is 0. The van der Waals surface area contributed by atoms with E-state index in [1.165, 1.54) is 4.68 Å². The third-order valence-corrected chi connectivity index (χ3v) is 2.19. The van der Waals surface area contributed by atoms with Gasteiger partial charge >= 0.3 is 6.18 Å². The maximum Gasteiger partial charge on any atom is 0.435 e. The largest absolute Gasteiger partial charge is 0.435 e. The number of hydrogen-bond donors (Lipinski definition) is 0. The normalized spacial score (nSPS) is 12.1. The van der Waals surface area contributed by atoms with E-state index in [0.29, 0.717) is 10.2 Å². The van der Waals surface area contributed by atoms with Gasteiger partial charge in [0.05, 0.1) is 3.70 Å². The van der Waals surface area contributed by atoms with Crippen LogP contribution in [0.1, 0.15) is 12.6 Å². The molecule has 0 unspecified atom stereocenters. The molecule has 68 valence electrons. The van der Waals surface area contributed by atoms with Crippen LogP contribution in [0, 0.1) is 3.70 Å². The van der Waals surface area contributed by atoms with Gasteiger partial charge in [0.15, 0.2) is 5.69 Å². The van der Waals surface area contributed by atoms with Gasteiger partial charge in [-0.2, -0.15) is 18.3 Å². The zero-order chi connectivity index (χ0) is 9.35. The highest BCUT2D eigenvalue weighted by Crippen LogP contribution is 2.28. The molecule has 12 heavy (non-hydrogen) atoms. The molecule has 0 spiro atoms. The number of halogens is 4. The van der Waals surface area contributed by atoms with Crippen molar-refractivity contribution in [1.82, 2.24) is 9.78 Å². The van der Waals surface area contributed by atoms with Crippen molar-refractivity contribution in [1.29, 1.82) is 0 Å². The fourth-order valence-electron chi connectivity index (χ4n) is 0.754. The second-order valence-corrected chi connectivity index (χ2v) is 3.27. The monoisotopic (exact) mass is 290 g/mol. The number of hydrogen-bond acceptors (Lipinski definition) is 1. The van der Waals surface area contributed by atoms with Crippen molar-refractivity contribution in [2.24, 2.45) is 0 Å². The van der Waals surface area contributed by atoms with Crippen molar-refractivity contribution in [2.75, 3.05) is 0 Å². The zero-order valence-electron chi connectivity index (χ0n) is 6.19. The van der Waals surface area contributed by atoms with Gasteiger partial charge in [0, 0.05) is 12.6 Å². The van der Waals surface area contributed by atoms with Crippen molar-refractivity contribution in [3.63, 3.8) is 0 Å². The average molecular weight is 290 g/mol. The van der Waals surface area contributed by atoms with Gasteiger partial charge in [0.2, 0.25) is 0 Å². The lowest BCUT2D eigenvalue weighted by atomic mass is 10.4. The molecule has 0 amide bonds. The summed E-state index contributed by atoms with van der Waals surface area (Å²) in [5, 5.41) is 3.38. The fourth-order valence-corrected chi connectivity index (χ4v) is 1.50. The lowest BCUT2D eigenvalue weighted by Crippen LogP contribution is -2.07. The maximum absolute atomic E-state index is 12.0.